The standard InChI is InChI=1S/C20H24BrNO5/c1-19(2,3)27-18(25)22-14(9-20(4)10-16(20)22)17(24)26-11-15(23)12-5-7-13(21)8-6-12/h5-8,14,16H,9-11H2,1-4H3/t14-,16-,20+/m0/s1. The van der Waals surface area contributed by atoms with E-state index in [4.69, 9.17) is 9.47 Å². The molecule has 1 saturated carbocycles. The Hall–Kier alpha value is -1.89. The summed E-state index contributed by atoms with van der Waals surface area (Å²) in [6.45, 7) is 7.07. The molecule has 0 radical (unpaired) electrons. The maximum Gasteiger partial charge on any atom is 0.411 e. The molecule has 2 fully saturated rings. The molecular formula is C20H24BrNO5. The van der Waals surface area contributed by atoms with Gasteiger partial charge in [0.25, 0.3) is 0 Å². The molecule has 1 aliphatic heterocycles. The molecule has 2 aliphatic rings. The van der Waals surface area contributed by atoms with Crippen LogP contribution in [0.15, 0.2) is 28.7 Å². The zero-order chi connectivity index (χ0) is 20.0. The highest BCUT2D eigenvalue weighted by molar-refractivity contribution is 9.10. The number of esters is 1. The van der Waals surface area contributed by atoms with Crippen LogP contribution in [0.3, 0.4) is 0 Å². The third kappa shape index (κ3) is 4.34. The van der Waals surface area contributed by atoms with E-state index >= 15 is 0 Å². The fraction of sp³-hybridized carbons (Fsp3) is 0.550. The molecule has 0 unspecified atom stereocenters. The lowest BCUT2D eigenvalue weighted by molar-refractivity contribution is -0.148. The van der Waals surface area contributed by atoms with Gasteiger partial charge in [0.2, 0.25) is 0 Å². The SMILES string of the molecule is CC(C)(C)OC(=O)N1[C@H]2C[C@@]2(C)C[C@H]1C(=O)OCC(=O)c1ccc(Br)cc1. The number of benzene rings is 1. The van der Waals surface area contributed by atoms with E-state index in [9.17, 15) is 14.4 Å². The molecule has 3 atom stereocenters. The zero-order valence-electron chi connectivity index (χ0n) is 16.0. The Labute approximate surface area is 167 Å². The van der Waals surface area contributed by atoms with Crippen LogP contribution in [0.1, 0.15) is 50.9 Å². The molecule has 3 rings (SSSR count). The monoisotopic (exact) mass is 437 g/mol. The van der Waals surface area contributed by atoms with E-state index in [0.29, 0.717) is 12.0 Å². The van der Waals surface area contributed by atoms with Crippen molar-refractivity contribution < 1.29 is 23.9 Å². The van der Waals surface area contributed by atoms with Crippen molar-refractivity contribution in [2.45, 2.75) is 58.2 Å². The van der Waals surface area contributed by atoms with Crippen LogP contribution >= 0.6 is 15.9 Å². The van der Waals surface area contributed by atoms with Crippen molar-refractivity contribution >= 4 is 33.8 Å². The predicted molar refractivity (Wildman–Crippen MR) is 102 cm³/mol. The van der Waals surface area contributed by atoms with Crippen LogP contribution < -0.4 is 0 Å². The molecule has 1 saturated heterocycles. The van der Waals surface area contributed by atoms with E-state index in [1.807, 2.05) is 0 Å². The Morgan fingerprint density at radius 1 is 1.19 bits per heavy atom. The minimum absolute atomic E-state index is 0.00734. The van der Waals surface area contributed by atoms with E-state index in [1.165, 1.54) is 4.90 Å². The summed E-state index contributed by atoms with van der Waals surface area (Å²) in [5, 5.41) is 0. The summed E-state index contributed by atoms with van der Waals surface area (Å²) in [6.07, 6.45) is 0.880. The Morgan fingerprint density at radius 2 is 1.81 bits per heavy atom. The van der Waals surface area contributed by atoms with Gasteiger partial charge in [0.1, 0.15) is 11.6 Å². The Balaban J connectivity index is 1.63. The van der Waals surface area contributed by atoms with Crippen LogP contribution in [0.5, 0.6) is 0 Å². The maximum atomic E-state index is 12.6. The van der Waals surface area contributed by atoms with E-state index in [-0.39, 0.29) is 23.8 Å². The summed E-state index contributed by atoms with van der Waals surface area (Å²) in [4.78, 5) is 38.9. The van der Waals surface area contributed by atoms with Crippen LogP contribution in [0.25, 0.3) is 0 Å². The molecule has 0 bridgehead atoms. The maximum absolute atomic E-state index is 12.6. The average Bonchev–Trinajstić information content (AvgIpc) is 3.12. The van der Waals surface area contributed by atoms with Crippen LogP contribution in [-0.4, -0.2) is 47.0 Å². The highest BCUT2D eigenvalue weighted by Crippen LogP contribution is 2.59. The molecule has 1 amide bonds. The Bertz CT molecular complexity index is 770. The van der Waals surface area contributed by atoms with Crippen LogP contribution in [-0.2, 0) is 14.3 Å². The quantitative estimate of drug-likeness (QED) is 0.526. The number of nitrogens with zero attached hydrogens (tertiary/aromatic N) is 1. The lowest BCUT2D eigenvalue weighted by atomic mass is 10.0. The highest BCUT2D eigenvalue weighted by Gasteiger charge is 2.65. The third-order valence-electron chi connectivity index (χ3n) is 5.02. The van der Waals surface area contributed by atoms with Gasteiger partial charge in [0.05, 0.1) is 0 Å². The molecule has 146 valence electrons. The molecule has 7 heteroatoms. The summed E-state index contributed by atoms with van der Waals surface area (Å²) in [5.74, 6) is -0.839. The van der Waals surface area contributed by atoms with E-state index < -0.39 is 23.7 Å². The number of amides is 1. The molecule has 1 heterocycles. The van der Waals surface area contributed by atoms with E-state index in [2.05, 4.69) is 22.9 Å². The minimum atomic E-state index is -0.707. The number of carbonyl (C=O) groups excluding carboxylic acids is 3. The van der Waals surface area contributed by atoms with Crippen molar-refractivity contribution in [2.75, 3.05) is 6.61 Å². The Kier molecular flexibility index (Phi) is 5.10. The van der Waals surface area contributed by atoms with Crippen molar-refractivity contribution in [1.29, 1.82) is 0 Å². The lowest BCUT2D eigenvalue weighted by Gasteiger charge is -2.29. The van der Waals surface area contributed by atoms with Gasteiger partial charge in [-0.2, -0.15) is 0 Å². The number of hydrogen-bond acceptors (Lipinski definition) is 5. The first-order valence-corrected chi connectivity index (χ1v) is 9.76. The van der Waals surface area contributed by atoms with Gasteiger partial charge in [0, 0.05) is 16.1 Å². The number of Topliss-reactive ketones (excluding diaryl/α,β-unsaturated/α-hetero) is 1. The smallest absolute Gasteiger partial charge is 0.411 e. The fourth-order valence-corrected chi connectivity index (χ4v) is 3.78. The molecular weight excluding hydrogens is 414 g/mol. The number of hydrogen-bond donors (Lipinski definition) is 0. The van der Waals surface area contributed by atoms with Gasteiger partial charge >= 0.3 is 12.1 Å². The number of likely N-dealkylation sites (tertiary alicyclic amines) is 1. The van der Waals surface area contributed by atoms with Gasteiger partial charge in [-0.25, -0.2) is 9.59 Å². The van der Waals surface area contributed by atoms with Gasteiger partial charge in [-0.05, 0) is 51.2 Å². The van der Waals surface area contributed by atoms with Crippen molar-refractivity contribution in [1.82, 2.24) is 4.90 Å². The molecule has 1 aromatic carbocycles. The number of carbonyl (C=O) groups is 3. The summed E-state index contributed by atoms with van der Waals surface area (Å²) in [5.41, 5.74) is -0.246. The average molecular weight is 438 g/mol. The lowest BCUT2D eigenvalue weighted by Crippen LogP contribution is -2.46. The van der Waals surface area contributed by atoms with Crippen LogP contribution in [0, 0.1) is 5.41 Å². The first-order chi connectivity index (χ1) is 12.5. The molecule has 0 aromatic heterocycles. The van der Waals surface area contributed by atoms with Gasteiger partial charge in [-0.15, -0.1) is 0 Å². The summed E-state index contributed by atoms with van der Waals surface area (Å²) >= 11 is 3.31. The number of fused-ring (bicyclic) bond motifs is 1. The number of ether oxygens (including phenoxy) is 2. The van der Waals surface area contributed by atoms with Crippen LogP contribution in [0.4, 0.5) is 4.79 Å². The highest BCUT2D eigenvalue weighted by atomic mass is 79.9. The second kappa shape index (κ2) is 6.93. The molecule has 27 heavy (non-hydrogen) atoms. The van der Waals surface area contributed by atoms with Gasteiger partial charge in [-0.1, -0.05) is 35.0 Å². The number of rotatable bonds is 4. The topological polar surface area (TPSA) is 72.9 Å². The number of piperidine rings is 1. The second-order valence-corrected chi connectivity index (χ2v) is 9.43. The Morgan fingerprint density at radius 3 is 2.41 bits per heavy atom. The predicted octanol–water partition coefficient (Wildman–Crippen LogP) is 3.96. The minimum Gasteiger partial charge on any atom is -0.456 e. The van der Waals surface area contributed by atoms with E-state index in [1.54, 1.807) is 45.0 Å². The molecule has 6 nitrogen and oxygen atoms in total. The summed E-state index contributed by atoms with van der Waals surface area (Å²) < 4.78 is 11.6. The van der Waals surface area contributed by atoms with Gasteiger partial charge in [0.15, 0.2) is 12.4 Å². The third-order valence-corrected chi connectivity index (χ3v) is 5.55. The fourth-order valence-electron chi connectivity index (χ4n) is 3.51. The van der Waals surface area contributed by atoms with Gasteiger partial charge < -0.3 is 9.47 Å². The summed E-state index contributed by atoms with van der Waals surface area (Å²) in [7, 11) is 0. The summed E-state index contributed by atoms with van der Waals surface area (Å²) in [6, 6.07) is 6.13. The van der Waals surface area contributed by atoms with Crippen molar-refractivity contribution in [3.05, 3.63) is 34.3 Å². The molecule has 1 aromatic rings. The first-order valence-electron chi connectivity index (χ1n) is 8.97. The molecule has 1 aliphatic carbocycles. The van der Waals surface area contributed by atoms with Crippen molar-refractivity contribution in [3.8, 4) is 0 Å². The molecule has 0 N–H and O–H groups in total. The number of ketones is 1. The van der Waals surface area contributed by atoms with Gasteiger partial charge in [-0.3, -0.25) is 9.69 Å². The second-order valence-electron chi connectivity index (χ2n) is 8.52. The van der Waals surface area contributed by atoms with Crippen molar-refractivity contribution in [2.24, 2.45) is 5.41 Å². The number of halogens is 1. The first kappa shape index (κ1) is 19.9. The molecule has 0 spiro atoms. The van der Waals surface area contributed by atoms with Crippen molar-refractivity contribution in [3.63, 3.8) is 0 Å². The normalized spacial score (nSPS) is 26.3. The van der Waals surface area contributed by atoms with E-state index in [0.717, 1.165) is 10.9 Å². The largest absolute Gasteiger partial charge is 0.456 e. The van der Waals surface area contributed by atoms with Crippen LogP contribution in [0.2, 0.25) is 0 Å². The zero-order valence-corrected chi connectivity index (χ0v) is 17.5.